The van der Waals surface area contributed by atoms with Crippen molar-refractivity contribution >= 4 is 35.0 Å². The molecule has 0 spiro atoms. The first kappa shape index (κ1) is 23.0. The Morgan fingerprint density at radius 3 is 2.67 bits per heavy atom. The number of phenolic OH excluding ortho intramolecular Hbond substituents is 1. The number of anilines is 2. The molecule has 2 aromatic carbocycles. The Hall–Kier alpha value is -3.13. The highest BCUT2D eigenvalue weighted by molar-refractivity contribution is 8.04. The smallest absolute Gasteiger partial charge is 0.344 e. The highest BCUT2D eigenvalue weighted by atomic mass is 32.2. The minimum absolute atomic E-state index is 0.0205. The average Bonchev–Trinajstić information content (AvgIpc) is 3.22. The zero-order chi connectivity index (χ0) is 23.9. The minimum Gasteiger partial charge on any atom is -0.508 e. The van der Waals surface area contributed by atoms with Crippen molar-refractivity contribution in [3.63, 3.8) is 0 Å². The van der Waals surface area contributed by atoms with Crippen molar-refractivity contribution in [3.05, 3.63) is 46.9 Å². The first-order valence-corrected chi connectivity index (χ1v) is 11.6. The molecule has 1 atom stereocenters. The van der Waals surface area contributed by atoms with Crippen LogP contribution in [0.1, 0.15) is 32.8 Å². The number of methoxy groups -OCH3 is 1. The Morgan fingerprint density at radius 2 is 2.00 bits per heavy atom. The number of thioether (sulfide) groups is 1. The topological polar surface area (TPSA) is 88.1 Å². The molecule has 0 saturated carbocycles. The van der Waals surface area contributed by atoms with Gasteiger partial charge in [-0.25, -0.2) is 4.79 Å². The normalized spacial score (nSPS) is 18.9. The summed E-state index contributed by atoms with van der Waals surface area (Å²) >= 11 is 1.51. The van der Waals surface area contributed by atoms with Gasteiger partial charge in [-0.15, -0.1) is 11.8 Å². The van der Waals surface area contributed by atoms with Gasteiger partial charge >= 0.3 is 5.97 Å². The van der Waals surface area contributed by atoms with Crippen LogP contribution in [0.4, 0.5) is 11.4 Å². The average molecular weight is 469 g/mol. The van der Waals surface area contributed by atoms with Crippen LogP contribution >= 0.6 is 11.8 Å². The molecule has 0 fully saturated rings. The number of phenols is 1. The van der Waals surface area contributed by atoms with Crippen LogP contribution in [0.15, 0.2) is 41.3 Å². The molecule has 8 heteroatoms. The van der Waals surface area contributed by atoms with Gasteiger partial charge in [-0.1, -0.05) is 19.1 Å². The van der Waals surface area contributed by atoms with Crippen LogP contribution < -0.4 is 15.0 Å². The Balaban J connectivity index is 1.81. The quantitative estimate of drug-likeness (QED) is 0.616. The summed E-state index contributed by atoms with van der Waals surface area (Å²) < 4.78 is 11.2. The summed E-state index contributed by atoms with van der Waals surface area (Å²) in [6.07, 6.45) is 2.74. The van der Waals surface area contributed by atoms with Crippen molar-refractivity contribution in [2.45, 2.75) is 44.6 Å². The van der Waals surface area contributed by atoms with Gasteiger partial charge in [0.15, 0.2) is 0 Å². The molecular weight excluding hydrogens is 440 g/mol. The highest BCUT2D eigenvalue weighted by Gasteiger charge is 2.39. The molecule has 2 aliphatic rings. The molecule has 2 aromatic rings. The molecule has 1 amide bonds. The summed E-state index contributed by atoms with van der Waals surface area (Å²) in [5.41, 5.74) is 2.81. The highest BCUT2D eigenvalue weighted by Crippen LogP contribution is 2.45. The summed E-state index contributed by atoms with van der Waals surface area (Å²) in [5, 5.41) is 13.6. The largest absolute Gasteiger partial charge is 0.508 e. The maximum absolute atomic E-state index is 13.0. The van der Waals surface area contributed by atoms with Crippen LogP contribution in [0.3, 0.4) is 0 Å². The molecule has 4 rings (SSSR count). The second kappa shape index (κ2) is 8.67. The molecule has 0 bridgehead atoms. The number of aromatic hydroxyl groups is 1. The van der Waals surface area contributed by atoms with Crippen LogP contribution in [0.25, 0.3) is 11.1 Å². The molecule has 0 radical (unpaired) electrons. The van der Waals surface area contributed by atoms with Crippen LogP contribution in [0.2, 0.25) is 0 Å². The zero-order valence-corrected chi connectivity index (χ0v) is 20.2. The van der Waals surface area contributed by atoms with E-state index in [-0.39, 0.29) is 24.2 Å². The fraction of sp³-hybridized carbons (Fsp3) is 0.360. The van der Waals surface area contributed by atoms with Crippen molar-refractivity contribution in [2.24, 2.45) is 0 Å². The number of fused-ring (bicyclic) bond motifs is 1. The van der Waals surface area contributed by atoms with Gasteiger partial charge in [-0.2, -0.15) is 0 Å². The van der Waals surface area contributed by atoms with Crippen LogP contribution in [-0.4, -0.2) is 41.9 Å². The predicted octanol–water partition coefficient (Wildman–Crippen LogP) is 4.69. The molecule has 2 aliphatic heterocycles. The lowest BCUT2D eigenvalue weighted by Gasteiger charge is -2.39. The van der Waals surface area contributed by atoms with E-state index in [4.69, 9.17) is 9.47 Å². The third kappa shape index (κ3) is 4.27. The monoisotopic (exact) mass is 468 g/mol. The lowest BCUT2D eigenvalue weighted by molar-refractivity contribution is -0.139. The summed E-state index contributed by atoms with van der Waals surface area (Å²) in [6, 6.07) is 8.67. The van der Waals surface area contributed by atoms with E-state index in [2.05, 4.69) is 12.2 Å². The van der Waals surface area contributed by atoms with Gasteiger partial charge in [-0.05, 0) is 44.0 Å². The van der Waals surface area contributed by atoms with Crippen LogP contribution in [0, 0.1) is 0 Å². The molecule has 2 heterocycles. The number of esters is 1. The van der Waals surface area contributed by atoms with E-state index in [1.54, 1.807) is 24.1 Å². The maximum Gasteiger partial charge on any atom is 0.344 e. The number of benzene rings is 2. The number of carbonyl (C=O) groups excluding carboxylic acids is 2. The molecular formula is C25H28N2O5S. The number of nitrogens with zero attached hydrogens (tertiary/aromatic N) is 1. The second-order valence-electron chi connectivity index (χ2n) is 8.80. The van der Waals surface area contributed by atoms with E-state index in [1.807, 2.05) is 32.1 Å². The van der Waals surface area contributed by atoms with Crippen molar-refractivity contribution in [2.75, 3.05) is 24.4 Å². The predicted molar refractivity (Wildman–Crippen MR) is 131 cm³/mol. The summed E-state index contributed by atoms with van der Waals surface area (Å²) in [5.74, 6) is 0.0870. The third-order valence-corrected chi connectivity index (χ3v) is 7.07. The molecule has 33 heavy (non-hydrogen) atoms. The Kier molecular flexibility index (Phi) is 6.05. The van der Waals surface area contributed by atoms with Crippen molar-refractivity contribution < 1.29 is 24.2 Å². The van der Waals surface area contributed by atoms with Gasteiger partial charge in [0.1, 0.15) is 23.6 Å². The van der Waals surface area contributed by atoms with Crippen LogP contribution in [-0.2, 0) is 20.9 Å². The van der Waals surface area contributed by atoms with Gasteiger partial charge in [-0.3, -0.25) is 4.79 Å². The van der Waals surface area contributed by atoms with E-state index in [1.165, 1.54) is 24.9 Å². The lowest BCUT2D eigenvalue weighted by Crippen LogP contribution is -2.52. The first-order valence-electron chi connectivity index (χ1n) is 10.8. The summed E-state index contributed by atoms with van der Waals surface area (Å²) in [4.78, 5) is 28.0. The number of carbonyl (C=O) groups is 2. The van der Waals surface area contributed by atoms with E-state index < -0.39 is 5.54 Å². The fourth-order valence-corrected chi connectivity index (χ4v) is 5.23. The van der Waals surface area contributed by atoms with Gasteiger partial charge in [0.25, 0.3) is 5.91 Å². The molecule has 174 valence electrons. The molecule has 0 saturated heterocycles. The Morgan fingerprint density at radius 1 is 1.27 bits per heavy atom. The molecule has 2 N–H and O–H groups in total. The van der Waals surface area contributed by atoms with Gasteiger partial charge < -0.3 is 24.8 Å². The number of hydrogen-bond acceptors (Lipinski definition) is 7. The third-order valence-electron chi connectivity index (χ3n) is 5.89. The summed E-state index contributed by atoms with van der Waals surface area (Å²) in [6.45, 7) is 5.71. The van der Waals surface area contributed by atoms with Gasteiger partial charge in [0, 0.05) is 29.5 Å². The Bertz CT molecular complexity index is 1160. The fourth-order valence-electron chi connectivity index (χ4n) is 4.26. The van der Waals surface area contributed by atoms with Crippen molar-refractivity contribution in [3.8, 4) is 22.6 Å². The minimum atomic E-state index is -0.769. The van der Waals surface area contributed by atoms with E-state index >= 15 is 0 Å². The molecule has 0 aromatic heterocycles. The number of likely N-dealkylation sites (N-methyl/N-ethyl adjacent to an activating group) is 1. The van der Waals surface area contributed by atoms with Gasteiger partial charge in [0.2, 0.25) is 0 Å². The number of hydrogen-bond donors (Lipinski definition) is 2. The number of amides is 1. The maximum atomic E-state index is 13.0. The standard InChI is InChI=1S/C25H28N2O5S/c1-14-6-11-21(33-14)23(29)32-13-18-16(17-8-7-15(28)12-20(17)31-5)9-10-19-22(18)27(4)24(30)25(2,3)26-19/h7-12,14,26,28H,6,13H2,1-5H3. The zero-order valence-electron chi connectivity index (χ0n) is 19.4. The van der Waals surface area contributed by atoms with Gasteiger partial charge in [0.05, 0.1) is 23.4 Å². The number of allylic oxidation sites excluding steroid dienone is 1. The molecule has 1 unspecified atom stereocenters. The first-order chi connectivity index (χ1) is 15.6. The van der Waals surface area contributed by atoms with E-state index in [0.29, 0.717) is 27.2 Å². The summed E-state index contributed by atoms with van der Waals surface area (Å²) in [7, 11) is 3.25. The van der Waals surface area contributed by atoms with Crippen molar-refractivity contribution in [1.82, 2.24) is 0 Å². The Labute approximate surface area is 197 Å². The number of rotatable bonds is 5. The number of ether oxygens (including phenoxy) is 2. The molecule has 7 nitrogen and oxygen atoms in total. The van der Waals surface area contributed by atoms with E-state index in [9.17, 15) is 14.7 Å². The van der Waals surface area contributed by atoms with Crippen molar-refractivity contribution in [1.29, 1.82) is 0 Å². The van der Waals surface area contributed by atoms with Crippen LogP contribution in [0.5, 0.6) is 11.5 Å². The van der Waals surface area contributed by atoms with E-state index in [0.717, 1.165) is 23.2 Å². The lowest BCUT2D eigenvalue weighted by atomic mass is 9.92. The molecule has 0 aliphatic carbocycles. The second-order valence-corrected chi connectivity index (χ2v) is 10.3. The SMILES string of the molecule is COc1cc(O)ccc1-c1ccc2c(c1COC(=O)C1=CCC(C)S1)N(C)C(=O)C(C)(C)N2. The number of nitrogens with one attached hydrogen (secondary N) is 1.